The molecule has 114 valence electrons. The van der Waals surface area contributed by atoms with Crippen LogP contribution in [-0.2, 0) is 6.42 Å². The van der Waals surface area contributed by atoms with E-state index in [2.05, 4.69) is 29.5 Å². The molecule has 0 fully saturated rings. The fourth-order valence-electron chi connectivity index (χ4n) is 1.63. The van der Waals surface area contributed by atoms with Crippen molar-refractivity contribution in [3.8, 4) is 0 Å². The Kier molecular flexibility index (Phi) is 10.4. The lowest BCUT2D eigenvalue weighted by atomic mass is 10.1. The van der Waals surface area contributed by atoms with E-state index in [9.17, 15) is 4.39 Å². The topological polar surface area (TPSA) is 36.4 Å². The van der Waals surface area contributed by atoms with Gasteiger partial charge < -0.3 is 10.6 Å². The molecular formula is C15H25FIN3. The van der Waals surface area contributed by atoms with Crippen molar-refractivity contribution in [1.82, 2.24) is 10.6 Å². The minimum absolute atomic E-state index is 0. The Morgan fingerprint density at radius 3 is 2.65 bits per heavy atom. The third-order valence-corrected chi connectivity index (χ3v) is 2.55. The van der Waals surface area contributed by atoms with E-state index in [0.29, 0.717) is 5.92 Å². The average Bonchev–Trinajstić information content (AvgIpc) is 2.36. The first-order valence-electron chi connectivity index (χ1n) is 6.88. The SMILES string of the molecule is CCNC(=NCC(C)C)NCCc1cccc(F)c1.I. The van der Waals surface area contributed by atoms with Crippen LogP contribution in [0.1, 0.15) is 26.3 Å². The molecule has 0 amide bonds. The van der Waals surface area contributed by atoms with Gasteiger partial charge in [0, 0.05) is 19.6 Å². The van der Waals surface area contributed by atoms with Gasteiger partial charge in [0.15, 0.2) is 5.96 Å². The first kappa shape index (κ1) is 19.1. The quantitative estimate of drug-likeness (QED) is 0.443. The van der Waals surface area contributed by atoms with Crippen LogP contribution in [0.5, 0.6) is 0 Å². The summed E-state index contributed by atoms with van der Waals surface area (Å²) in [5.41, 5.74) is 0.993. The maximum atomic E-state index is 13.0. The molecule has 1 aromatic rings. The normalized spacial score (nSPS) is 11.2. The molecule has 0 saturated carbocycles. The highest BCUT2D eigenvalue weighted by atomic mass is 127. The summed E-state index contributed by atoms with van der Waals surface area (Å²) in [4.78, 5) is 4.48. The number of aliphatic imine (C=N–C) groups is 1. The monoisotopic (exact) mass is 393 g/mol. The van der Waals surface area contributed by atoms with Crippen molar-refractivity contribution in [2.24, 2.45) is 10.9 Å². The molecule has 0 spiro atoms. The number of rotatable bonds is 6. The average molecular weight is 393 g/mol. The van der Waals surface area contributed by atoms with E-state index >= 15 is 0 Å². The molecule has 0 bridgehead atoms. The Morgan fingerprint density at radius 2 is 2.05 bits per heavy atom. The molecule has 1 aromatic carbocycles. The lowest BCUT2D eigenvalue weighted by Gasteiger charge is -2.12. The number of nitrogens with zero attached hydrogens (tertiary/aromatic N) is 1. The summed E-state index contributed by atoms with van der Waals surface area (Å²) >= 11 is 0. The van der Waals surface area contributed by atoms with Crippen LogP contribution in [0.2, 0.25) is 0 Å². The minimum atomic E-state index is -0.183. The molecule has 0 saturated heterocycles. The second-order valence-electron chi connectivity index (χ2n) is 4.92. The minimum Gasteiger partial charge on any atom is -0.357 e. The van der Waals surface area contributed by atoms with Crippen molar-refractivity contribution < 1.29 is 4.39 Å². The molecule has 0 atom stereocenters. The third-order valence-electron chi connectivity index (χ3n) is 2.55. The van der Waals surface area contributed by atoms with E-state index in [1.807, 2.05) is 13.0 Å². The smallest absolute Gasteiger partial charge is 0.191 e. The molecule has 0 aliphatic heterocycles. The van der Waals surface area contributed by atoms with E-state index < -0.39 is 0 Å². The van der Waals surface area contributed by atoms with Crippen molar-refractivity contribution in [3.63, 3.8) is 0 Å². The van der Waals surface area contributed by atoms with Gasteiger partial charge >= 0.3 is 0 Å². The Balaban J connectivity index is 0.00000361. The van der Waals surface area contributed by atoms with Crippen LogP contribution >= 0.6 is 24.0 Å². The zero-order valence-electron chi connectivity index (χ0n) is 12.4. The molecule has 2 N–H and O–H groups in total. The van der Waals surface area contributed by atoms with Crippen molar-refractivity contribution in [2.45, 2.75) is 27.2 Å². The van der Waals surface area contributed by atoms with Gasteiger partial charge in [0.2, 0.25) is 0 Å². The number of halogens is 2. The summed E-state index contributed by atoms with van der Waals surface area (Å²) in [5, 5.41) is 6.46. The Labute approximate surface area is 138 Å². The van der Waals surface area contributed by atoms with Crippen molar-refractivity contribution in [3.05, 3.63) is 35.6 Å². The Hall–Kier alpha value is -0.850. The highest BCUT2D eigenvalue weighted by Gasteiger charge is 1.99. The zero-order valence-corrected chi connectivity index (χ0v) is 14.8. The van der Waals surface area contributed by atoms with Crippen molar-refractivity contribution in [2.75, 3.05) is 19.6 Å². The largest absolute Gasteiger partial charge is 0.357 e. The highest BCUT2D eigenvalue weighted by molar-refractivity contribution is 14.0. The highest BCUT2D eigenvalue weighted by Crippen LogP contribution is 2.03. The Bertz CT molecular complexity index is 408. The van der Waals surface area contributed by atoms with Crippen LogP contribution in [0.4, 0.5) is 4.39 Å². The molecule has 0 heterocycles. The predicted octanol–water partition coefficient (Wildman–Crippen LogP) is 3.20. The van der Waals surface area contributed by atoms with Gasteiger partial charge in [-0.1, -0.05) is 26.0 Å². The molecule has 3 nitrogen and oxygen atoms in total. The van der Waals surface area contributed by atoms with Gasteiger partial charge in [-0.25, -0.2) is 4.39 Å². The van der Waals surface area contributed by atoms with Gasteiger partial charge in [0.25, 0.3) is 0 Å². The second-order valence-corrected chi connectivity index (χ2v) is 4.92. The van der Waals surface area contributed by atoms with Gasteiger partial charge in [0.1, 0.15) is 5.82 Å². The second kappa shape index (κ2) is 10.9. The fraction of sp³-hybridized carbons (Fsp3) is 0.533. The Morgan fingerprint density at radius 1 is 1.30 bits per heavy atom. The molecular weight excluding hydrogens is 368 g/mol. The van der Waals surface area contributed by atoms with Gasteiger partial charge in [-0.3, -0.25) is 4.99 Å². The van der Waals surface area contributed by atoms with Gasteiger partial charge in [-0.2, -0.15) is 0 Å². The van der Waals surface area contributed by atoms with Crippen LogP contribution in [0.15, 0.2) is 29.3 Å². The van der Waals surface area contributed by atoms with Gasteiger partial charge in [-0.05, 0) is 37.0 Å². The van der Waals surface area contributed by atoms with Crippen LogP contribution in [0.3, 0.4) is 0 Å². The summed E-state index contributed by atoms with van der Waals surface area (Å²) < 4.78 is 13.0. The van der Waals surface area contributed by atoms with Gasteiger partial charge in [-0.15, -0.1) is 24.0 Å². The lowest BCUT2D eigenvalue weighted by Crippen LogP contribution is -2.38. The summed E-state index contributed by atoms with van der Waals surface area (Å²) in [6.45, 7) is 8.70. The maximum Gasteiger partial charge on any atom is 0.191 e. The van der Waals surface area contributed by atoms with E-state index in [1.165, 1.54) is 6.07 Å². The third kappa shape index (κ3) is 8.35. The predicted molar refractivity (Wildman–Crippen MR) is 94.3 cm³/mol. The number of benzene rings is 1. The summed E-state index contributed by atoms with van der Waals surface area (Å²) in [6.07, 6.45) is 0.782. The maximum absolute atomic E-state index is 13.0. The molecule has 5 heteroatoms. The number of hydrogen-bond donors (Lipinski definition) is 2. The standard InChI is InChI=1S/C15H24FN3.HI/c1-4-17-15(19-11-12(2)3)18-9-8-13-6-5-7-14(16)10-13;/h5-7,10,12H,4,8-9,11H2,1-3H3,(H2,17,18,19);1H. The first-order chi connectivity index (χ1) is 9.11. The zero-order chi connectivity index (χ0) is 14.1. The van der Waals surface area contributed by atoms with E-state index in [4.69, 9.17) is 0 Å². The van der Waals surface area contributed by atoms with Crippen LogP contribution < -0.4 is 10.6 Å². The van der Waals surface area contributed by atoms with E-state index in [1.54, 1.807) is 12.1 Å². The van der Waals surface area contributed by atoms with E-state index in [-0.39, 0.29) is 29.8 Å². The van der Waals surface area contributed by atoms with E-state index in [0.717, 1.165) is 37.6 Å². The van der Waals surface area contributed by atoms with Gasteiger partial charge in [0.05, 0.1) is 0 Å². The van der Waals surface area contributed by atoms with Crippen LogP contribution in [-0.4, -0.2) is 25.6 Å². The molecule has 0 radical (unpaired) electrons. The number of hydrogen-bond acceptors (Lipinski definition) is 1. The number of guanidine groups is 1. The van der Waals surface area contributed by atoms with Crippen molar-refractivity contribution >= 4 is 29.9 Å². The summed E-state index contributed by atoms with van der Waals surface area (Å²) in [5.74, 6) is 1.18. The number of nitrogens with one attached hydrogen (secondary N) is 2. The molecule has 1 rings (SSSR count). The van der Waals surface area contributed by atoms with Crippen molar-refractivity contribution in [1.29, 1.82) is 0 Å². The molecule has 20 heavy (non-hydrogen) atoms. The fourth-order valence-corrected chi connectivity index (χ4v) is 1.63. The van der Waals surface area contributed by atoms with Crippen LogP contribution in [0, 0.1) is 11.7 Å². The first-order valence-corrected chi connectivity index (χ1v) is 6.88. The molecule has 0 aliphatic carbocycles. The summed E-state index contributed by atoms with van der Waals surface area (Å²) in [7, 11) is 0. The molecule has 0 aliphatic rings. The van der Waals surface area contributed by atoms with Crippen LogP contribution in [0.25, 0.3) is 0 Å². The molecule has 0 unspecified atom stereocenters. The lowest BCUT2D eigenvalue weighted by molar-refractivity contribution is 0.624. The molecule has 0 aromatic heterocycles. The summed E-state index contributed by atoms with van der Waals surface area (Å²) in [6, 6.07) is 6.70.